The predicted octanol–water partition coefficient (Wildman–Crippen LogP) is 1.40. The Kier molecular flexibility index (Phi) is 5.91. The smallest absolute Gasteiger partial charge is 0.359 e. The first-order valence-corrected chi connectivity index (χ1v) is 9.33. The molecule has 0 aliphatic carbocycles. The third-order valence-electron chi connectivity index (χ3n) is 5.17. The van der Waals surface area contributed by atoms with Crippen molar-refractivity contribution in [3.8, 4) is 5.75 Å². The van der Waals surface area contributed by atoms with Gasteiger partial charge in [-0.2, -0.15) is 0 Å². The summed E-state index contributed by atoms with van der Waals surface area (Å²) in [5.74, 6) is -0.887. The molecule has 0 spiro atoms. The van der Waals surface area contributed by atoms with Crippen LogP contribution in [0.1, 0.15) is 33.5 Å². The number of benzene rings is 1. The molecule has 1 aliphatic heterocycles. The maximum atomic E-state index is 13.2. The minimum Gasteiger partial charge on any atom is -0.496 e. The zero-order chi connectivity index (χ0) is 21.9. The van der Waals surface area contributed by atoms with Crippen LogP contribution in [0.2, 0.25) is 0 Å². The van der Waals surface area contributed by atoms with Crippen molar-refractivity contribution in [2.75, 3.05) is 20.8 Å². The molecule has 30 heavy (non-hydrogen) atoms. The minimum atomic E-state index is -1.21. The summed E-state index contributed by atoms with van der Waals surface area (Å²) in [6.07, 6.45) is 2.91. The Balaban J connectivity index is 1.91. The van der Waals surface area contributed by atoms with Gasteiger partial charge in [-0.25, -0.2) is 9.78 Å². The molecule has 1 aromatic heterocycles. The number of hydrogen-bond donors (Lipinski definition) is 1. The number of nitrogens with one attached hydrogen (secondary N) is 1. The molecule has 9 heteroatoms. The first-order valence-electron chi connectivity index (χ1n) is 9.33. The highest BCUT2D eigenvalue weighted by molar-refractivity contribution is 6.06. The number of ether oxygens (including phenoxy) is 2. The average molecular weight is 412 g/mol. The van der Waals surface area contributed by atoms with E-state index in [0.29, 0.717) is 5.75 Å². The number of esters is 1. The Bertz CT molecular complexity index is 999. The molecule has 0 unspecified atom stereocenters. The van der Waals surface area contributed by atoms with E-state index in [1.807, 2.05) is 24.3 Å². The van der Waals surface area contributed by atoms with Crippen LogP contribution in [0.4, 0.5) is 0 Å². The standard InChI is InChI=1S/C21H24N4O5/c1-5-10-25-18(26)17-16(19(27)30-4)23-13-24(17)12-21(25,2)20(28)22-11-14-8-6-7-9-15(14)29-3/h5-9,13H,1,10-12H2,2-4H3,(H,22,28)/t21-/m1/s1. The van der Waals surface area contributed by atoms with Gasteiger partial charge in [-0.15, -0.1) is 6.58 Å². The van der Waals surface area contributed by atoms with E-state index >= 15 is 0 Å². The molecule has 2 aromatic rings. The van der Waals surface area contributed by atoms with E-state index in [4.69, 9.17) is 9.47 Å². The molecular weight excluding hydrogens is 388 g/mol. The fourth-order valence-electron chi connectivity index (χ4n) is 3.56. The number of rotatable bonds is 7. The molecular formula is C21H24N4O5. The van der Waals surface area contributed by atoms with Gasteiger partial charge in [-0.3, -0.25) is 9.59 Å². The average Bonchev–Trinajstić information content (AvgIpc) is 3.18. The summed E-state index contributed by atoms with van der Waals surface area (Å²) < 4.78 is 11.5. The van der Waals surface area contributed by atoms with Crippen molar-refractivity contribution >= 4 is 17.8 Å². The molecule has 0 fully saturated rings. The Morgan fingerprint density at radius 1 is 1.33 bits per heavy atom. The van der Waals surface area contributed by atoms with E-state index in [-0.39, 0.29) is 36.9 Å². The van der Waals surface area contributed by atoms with Crippen LogP contribution in [0.3, 0.4) is 0 Å². The highest BCUT2D eigenvalue weighted by Gasteiger charge is 2.48. The van der Waals surface area contributed by atoms with E-state index in [2.05, 4.69) is 16.9 Å². The molecule has 2 amide bonds. The van der Waals surface area contributed by atoms with Gasteiger partial charge in [0.1, 0.15) is 17.0 Å². The number of para-hydroxylation sites is 1. The normalized spacial score (nSPS) is 17.8. The van der Waals surface area contributed by atoms with Crippen molar-refractivity contribution in [2.24, 2.45) is 0 Å². The monoisotopic (exact) mass is 412 g/mol. The van der Waals surface area contributed by atoms with Gasteiger partial charge in [-0.1, -0.05) is 24.3 Å². The number of aromatic nitrogens is 2. The van der Waals surface area contributed by atoms with Crippen LogP contribution in [0.15, 0.2) is 43.2 Å². The highest BCUT2D eigenvalue weighted by atomic mass is 16.5. The lowest BCUT2D eigenvalue weighted by molar-refractivity contribution is -0.132. The van der Waals surface area contributed by atoms with Crippen LogP contribution in [0.5, 0.6) is 5.75 Å². The molecule has 9 nitrogen and oxygen atoms in total. The van der Waals surface area contributed by atoms with E-state index in [1.54, 1.807) is 14.0 Å². The maximum absolute atomic E-state index is 13.2. The van der Waals surface area contributed by atoms with E-state index in [9.17, 15) is 14.4 Å². The van der Waals surface area contributed by atoms with Crippen molar-refractivity contribution in [1.82, 2.24) is 19.8 Å². The molecule has 2 heterocycles. The van der Waals surface area contributed by atoms with E-state index < -0.39 is 17.4 Å². The Hall–Kier alpha value is -3.62. The molecule has 0 bridgehead atoms. The predicted molar refractivity (Wildman–Crippen MR) is 108 cm³/mol. The van der Waals surface area contributed by atoms with Crippen LogP contribution in [-0.4, -0.2) is 58.5 Å². The molecule has 1 aliphatic rings. The second-order valence-corrected chi connectivity index (χ2v) is 7.03. The second-order valence-electron chi connectivity index (χ2n) is 7.03. The molecule has 3 rings (SSSR count). The number of imidazole rings is 1. The molecule has 1 aromatic carbocycles. The zero-order valence-corrected chi connectivity index (χ0v) is 17.2. The van der Waals surface area contributed by atoms with Gasteiger partial charge >= 0.3 is 5.97 Å². The Labute approximate surface area is 174 Å². The maximum Gasteiger partial charge on any atom is 0.359 e. The summed E-state index contributed by atoms with van der Waals surface area (Å²) in [6.45, 7) is 5.86. The summed E-state index contributed by atoms with van der Waals surface area (Å²) in [5.41, 5.74) is -0.383. The molecule has 1 N–H and O–H groups in total. The third kappa shape index (κ3) is 3.54. The van der Waals surface area contributed by atoms with Gasteiger partial charge < -0.3 is 24.3 Å². The number of amides is 2. The number of hydrogen-bond acceptors (Lipinski definition) is 6. The van der Waals surface area contributed by atoms with Crippen LogP contribution >= 0.6 is 0 Å². The number of methoxy groups -OCH3 is 2. The third-order valence-corrected chi connectivity index (χ3v) is 5.17. The summed E-state index contributed by atoms with van der Waals surface area (Å²) >= 11 is 0. The highest BCUT2D eigenvalue weighted by Crippen LogP contribution is 2.29. The van der Waals surface area contributed by atoms with E-state index in [0.717, 1.165) is 5.56 Å². The fraction of sp³-hybridized carbons (Fsp3) is 0.333. The van der Waals surface area contributed by atoms with Crippen molar-refractivity contribution in [3.05, 3.63) is 60.2 Å². The van der Waals surface area contributed by atoms with Crippen LogP contribution in [0.25, 0.3) is 0 Å². The summed E-state index contributed by atoms with van der Waals surface area (Å²) in [4.78, 5) is 43.8. The van der Waals surface area contributed by atoms with Gasteiger partial charge in [0.05, 0.1) is 27.1 Å². The van der Waals surface area contributed by atoms with Crippen molar-refractivity contribution in [3.63, 3.8) is 0 Å². The van der Waals surface area contributed by atoms with E-state index in [1.165, 1.54) is 29.0 Å². The Morgan fingerprint density at radius 3 is 2.73 bits per heavy atom. The molecule has 0 saturated heterocycles. The zero-order valence-electron chi connectivity index (χ0n) is 17.2. The quantitative estimate of drug-likeness (QED) is 0.545. The van der Waals surface area contributed by atoms with Crippen molar-refractivity contribution in [1.29, 1.82) is 0 Å². The van der Waals surface area contributed by atoms with Gasteiger partial charge in [0.25, 0.3) is 5.91 Å². The Morgan fingerprint density at radius 2 is 2.07 bits per heavy atom. The second kappa shape index (κ2) is 8.40. The number of fused-ring (bicyclic) bond motifs is 1. The number of nitrogens with zero attached hydrogens (tertiary/aromatic N) is 3. The fourth-order valence-corrected chi connectivity index (χ4v) is 3.56. The summed E-state index contributed by atoms with van der Waals surface area (Å²) in [7, 11) is 2.78. The minimum absolute atomic E-state index is 0.0759. The summed E-state index contributed by atoms with van der Waals surface area (Å²) in [6, 6.07) is 7.36. The first-order chi connectivity index (χ1) is 14.4. The molecule has 0 saturated carbocycles. The van der Waals surface area contributed by atoms with Crippen molar-refractivity contribution in [2.45, 2.75) is 25.6 Å². The van der Waals surface area contributed by atoms with Gasteiger partial charge in [0, 0.05) is 18.7 Å². The lowest BCUT2D eigenvalue weighted by atomic mass is 9.94. The summed E-state index contributed by atoms with van der Waals surface area (Å²) in [5, 5.41) is 2.89. The lowest BCUT2D eigenvalue weighted by Gasteiger charge is -2.43. The lowest BCUT2D eigenvalue weighted by Crippen LogP contribution is -2.64. The number of carbonyl (C=O) groups is 3. The van der Waals surface area contributed by atoms with Gasteiger partial charge in [0.15, 0.2) is 5.69 Å². The molecule has 158 valence electrons. The number of carbonyl (C=O) groups excluding carboxylic acids is 3. The van der Waals surface area contributed by atoms with Crippen molar-refractivity contribution < 1.29 is 23.9 Å². The van der Waals surface area contributed by atoms with Crippen LogP contribution in [-0.2, 0) is 22.6 Å². The van der Waals surface area contributed by atoms with Crippen LogP contribution in [0, 0.1) is 0 Å². The largest absolute Gasteiger partial charge is 0.496 e. The SMILES string of the molecule is C=CCN1C(=O)c2c(C(=O)OC)ncn2C[C@]1(C)C(=O)NCc1ccccc1OC. The van der Waals surface area contributed by atoms with Gasteiger partial charge in [-0.05, 0) is 13.0 Å². The van der Waals surface area contributed by atoms with Gasteiger partial charge in [0.2, 0.25) is 5.91 Å². The molecule has 0 radical (unpaired) electrons. The van der Waals surface area contributed by atoms with Crippen LogP contribution < -0.4 is 10.1 Å². The first kappa shape index (κ1) is 21.1. The molecule has 1 atom stereocenters. The topological polar surface area (TPSA) is 103 Å².